The number of aliphatic hydroxyl groups is 1. The SMILES string of the molecule is CN(C)CCCN1C(=O)C(=O)C(=C(O)c2c[nH]c3ccccc23)[C@H]1c1ccncc1. The first kappa shape index (κ1) is 19.8. The summed E-state index contributed by atoms with van der Waals surface area (Å²) in [5, 5.41) is 12.0. The van der Waals surface area contributed by atoms with Crippen LogP contribution < -0.4 is 0 Å². The number of hydrogen-bond donors (Lipinski definition) is 2. The number of aliphatic hydroxyl groups excluding tert-OH is 1. The van der Waals surface area contributed by atoms with Gasteiger partial charge in [-0.05, 0) is 50.8 Å². The topological polar surface area (TPSA) is 89.5 Å². The number of aromatic amines is 1. The average Bonchev–Trinajstić information content (AvgIpc) is 3.28. The van der Waals surface area contributed by atoms with Gasteiger partial charge in [-0.3, -0.25) is 14.6 Å². The highest BCUT2D eigenvalue weighted by Gasteiger charge is 2.46. The third-order valence-corrected chi connectivity index (χ3v) is 5.41. The molecule has 0 unspecified atom stereocenters. The van der Waals surface area contributed by atoms with Crippen LogP contribution in [0.25, 0.3) is 16.7 Å². The third kappa shape index (κ3) is 3.48. The molecule has 7 heteroatoms. The zero-order valence-electron chi connectivity index (χ0n) is 17.0. The number of Topliss-reactive ketones (excluding diaryl/α,β-unsaturated/α-hetero) is 1. The highest BCUT2D eigenvalue weighted by Crippen LogP contribution is 2.40. The highest BCUT2D eigenvalue weighted by atomic mass is 16.3. The van der Waals surface area contributed by atoms with Gasteiger partial charge >= 0.3 is 0 Å². The van der Waals surface area contributed by atoms with E-state index >= 15 is 0 Å². The van der Waals surface area contributed by atoms with E-state index in [-0.39, 0.29) is 11.3 Å². The number of carbonyl (C=O) groups is 2. The van der Waals surface area contributed by atoms with Crippen LogP contribution in [0.3, 0.4) is 0 Å². The van der Waals surface area contributed by atoms with Gasteiger partial charge in [0.05, 0.1) is 11.6 Å². The second kappa shape index (κ2) is 8.12. The number of aromatic nitrogens is 2. The number of amides is 1. The van der Waals surface area contributed by atoms with Gasteiger partial charge in [-0.1, -0.05) is 18.2 Å². The first-order valence-electron chi connectivity index (χ1n) is 9.88. The Hall–Kier alpha value is -3.45. The number of carbonyl (C=O) groups excluding carboxylic acids is 2. The lowest BCUT2D eigenvalue weighted by Gasteiger charge is -2.25. The monoisotopic (exact) mass is 404 g/mol. The van der Waals surface area contributed by atoms with Gasteiger partial charge < -0.3 is 19.9 Å². The lowest BCUT2D eigenvalue weighted by atomic mass is 9.96. The van der Waals surface area contributed by atoms with Crippen molar-refractivity contribution in [2.75, 3.05) is 27.2 Å². The van der Waals surface area contributed by atoms with Crippen LogP contribution in [0.2, 0.25) is 0 Å². The van der Waals surface area contributed by atoms with Crippen molar-refractivity contribution in [3.05, 3.63) is 71.7 Å². The second-order valence-corrected chi connectivity index (χ2v) is 7.68. The first-order chi connectivity index (χ1) is 14.5. The minimum atomic E-state index is -0.663. The van der Waals surface area contributed by atoms with Crippen LogP contribution >= 0.6 is 0 Å². The fourth-order valence-corrected chi connectivity index (χ4v) is 3.97. The Labute approximate surface area is 174 Å². The molecule has 1 aromatic carbocycles. The predicted octanol–water partition coefficient (Wildman–Crippen LogP) is 2.94. The average molecular weight is 404 g/mol. The Bertz CT molecular complexity index is 1120. The van der Waals surface area contributed by atoms with Crippen molar-refractivity contribution in [2.24, 2.45) is 0 Å². The number of nitrogens with zero attached hydrogens (tertiary/aromatic N) is 3. The van der Waals surface area contributed by atoms with Crippen LogP contribution in [0.15, 0.2) is 60.6 Å². The summed E-state index contributed by atoms with van der Waals surface area (Å²) in [6, 6.07) is 10.4. The second-order valence-electron chi connectivity index (χ2n) is 7.68. The zero-order valence-corrected chi connectivity index (χ0v) is 17.0. The number of para-hydroxylation sites is 1. The van der Waals surface area contributed by atoms with E-state index in [2.05, 4.69) is 9.97 Å². The number of hydrogen-bond acceptors (Lipinski definition) is 5. The van der Waals surface area contributed by atoms with Gasteiger partial charge in [0, 0.05) is 41.6 Å². The van der Waals surface area contributed by atoms with E-state index in [0.717, 1.165) is 23.0 Å². The molecular formula is C23H24N4O3. The van der Waals surface area contributed by atoms with Gasteiger partial charge in [0.2, 0.25) is 0 Å². The minimum Gasteiger partial charge on any atom is -0.507 e. The molecule has 3 aromatic rings. The lowest BCUT2D eigenvalue weighted by Crippen LogP contribution is -2.32. The van der Waals surface area contributed by atoms with Crippen LogP contribution in [0.4, 0.5) is 0 Å². The number of likely N-dealkylation sites (tertiary alicyclic amines) is 1. The van der Waals surface area contributed by atoms with Crippen LogP contribution in [0.5, 0.6) is 0 Å². The van der Waals surface area contributed by atoms with Gasteiger partial charge in [0.1, 0.15) is 5.76 Å². The molecule has 2 N–H and O–H groups in total. The van der Waals surface area contributed by atoms with Gasteiger partial charge in [-0.15, -0.1) is 0 Å². The largest absolute Gasteiger partial charge is 0.507 e. The molecule has 154 valence electrons. The molecule has 0 saturated carbocycles. The van der Waals surface area contributed by atoms with Crippen LogP contribution in [-0.2, 0) is 9.59 Å². The van der Waals surface area contributed by atoms with Crippen molar-refractivity contribution >= 4 is 28.4 Å². The van der Waals surface area contributed by atoms with Gasteiger partial charge in [0.15, 0.2) is 0 Å². The molecule has 0 radical (unpaired) electrons. The van der Waals surface area contributed by atoms with Crippen LogP contribution in [0.1, 0.15) is 23.6 Å². The first-order valence-corrected chi connectivity index (χ1v) is 9.88. The Morgan fingerprint density at radius 1 is 1.17 bits per heavy atom. The van der Waals surface area contributed by atoms with E-state index < -0.39 is 17.7 Å². The van der Waals surface area contributed by atoms with Crippen molar-refractivity contribution in [1.29, 1.82) is 0 Å². The highest BCUT2D eigenvalue weighted by molar-refractivity contribution is 6.46. The Kier molecular flexibility index (Phi) is 5.37. The number of nitrogens with one attached hydrogen (secondary N) is 1. The number of rotatable bonds is 6. The maximum absolute atomic E-state index is 13.0. The smallest absolute Gasteiger partial charge is 0.295 e. The van der Waals surface area contributed by atoms with E-state index in [1.54, 1.807) is 35.6 Å². The molecule has 1 atom stereocenters. The molecule has 3 heterocycles. The summed E-state index contributed by atoms with van der Waals surface area (Å²) in [7, 11) is 3.93. The quantitative estimate of drug-likeness (QED) is 0.375. The molecule has 2 aromatic heterocycles. The molecule has 1 aliphatic heterocycles. The third-order valence-electron chi connectivity index (χ3n) is 5.41. The summed E-state index contributed by atoms with van der Waals surface area (Å²) in [4.78, 5) is 36.7. The maximum Gasteiger partial charge on any atom is 0.295 e. The zero-order chi connectivity index (χ0) is 21.3. The Balaban J connectivity index is 1.83. The lowest BCUT2D eigenvalue weighted by molar-refractivity contribution is -0.139. The number of ketones is 1. The number of H-pyrrole nitrogens is 1. The molecule has 1 amide bonds. The predicted molar refractivity (Wildman–Crippen MR) is 115 cm³/mol. The number of fused-ring (bicyclic) bond motifs is 1. The van der Waals surface area contributed by atoms with E-state index in [0.29, 0.717) is 18.5 Å². The van der Waals surface area contributed by atoms with E-state index in [4.69, 9.17) is 0 Å². The van der Waals surface area contributed by atoms with Crippen molar-refractivity contribution < 1.29 is 14.7 Å². The van der Waals surface area contributed by atoms with Crippen molar-refractivity contribution in [2.45, 2.75) is 12.5 Å². The molecule has 4 rings (SSSR count). The molecule has 0 spiro atoms. The van der Waals surface area contributed by atoms with Crippen LogP contribution in [-0.4, -0.2) is 63.7 Å². The molecule has 1 aliphatic rings. The normalized spacial score (nSPS) is 18.6. The van der Waals surface area contributed by atoms with Gasteiger partial charge in [-0.25, -0.2) is 0 Å². The van der Waals surface area contributed by atoms with Crippen molar-refractivity contribution in [3.8, 4) is 0 Å². The number of benzene rings is 1. The molecular weight excluding hydrogens is 380 g/mol. The van der Waals surface area contributed by atoms with Crippen molar-refractivity contribution in [3.63, 3.8) is 0 Å². The van der Waals surface area contributed by atoms with E-state index in [1.165, 1.54) is 0 Å². The summed E-state index contributed by atoms with van der Waals surface area (Å²) in [5.41, 5.74) is 2.21. The summed E-state index contributed by atoms with van der Waals surface area (Å²) < 4.78 is 0. The maximum atomic E-state index is 13.0. The number of pyridine rings is 1. The minimum absolute atomic E-state index is 0.112. The fraction of sp³-hybridized carbons (Fsp3) is 0.261. The molecule has 1 fully saturated rings. The Morgan fingerprint density at radius 3 is 2.63 bits per heavy atom. The van der Waals surface area contributed by atoms with Crippen LogP contribution in [0, 0.1) is 0 Å². The Morgan fingerprint density at radius 2 is 1.90 bits per heavy atom. The van der Waals surface area contributed by atoms with Gasteiger partial charge in [-0.2, -0.15) is 0 Å². The molecule has 0 aliphatic carbocycles. The molecule has 30 heavy (non-hydrogen) atoms. The summed E-state index contributed by atoms with van der Waals surface area (Å²) in [6.07, 6.45) is 5.64. The van der Waals surface area contributed by atoms with E-state index in [1.807, 2.05) is 43.3 Å². The summed E-state index contributed by atoms with van der Waals surface area (Å²) in [5.74, 6) is -1.41. The summed E-state index contributed by atoms with van der Waals surface area (Å²) >= 11 is 0. The molecule has 0 bridgehead atoms. The molecule has 7 nitrogen and oxygen atoms in total. The van der Waals surface area contributed by atoms with Gasteiger partial charge in [0.25, 0.3) is 11.7 Å². The standard InChI is InChI=1S/C23H24N4O3/c1-26(2)12-5-13-27-20(15-8-10-24-11-9-15)19(22(29)23(27)30)21(28)17-14-25-18-7-4-3-6-16(17)18/h3-4,6-11,14,20,25,28H,5,12-13H2,1-2H3/t20-/m1/s1. The van der Waals surface area contributed by atoms with E-state index in [9.17, 15) is 14.7 Å². The summed E-state index contributed by atoms with van der Waals surface area (Å²) in [6.45, 7) is 1.20. The molecule has 1 saturated heterocycles. The fourth-order valence-electron chi connectivity index (χ4n) is 3.97. The van der Waals surface area contributed by atoms with Crippen molar-refractivity contribution in [1.82, 2.24) is 19.8 Å².